The summed E-state index contributed by atoms with van der Waals surface area (Å²) in [6.45, 7) is 2.36. The maximum absolute atomic E-state index is 13.0. The average molecular weight is 248 g/mol. The predicted octanol–water partition coefficient (Wildman–Crippen LogP) is 0.783. The van der Waals surface area contributed by atoms with Crippen LogP contribution in [0.4, 0.5) is 10.1 Å². The molecule has 0 bridgehead atoms. The molecule has 6 heteroatoms. The van der Waals surface area contributed by atoms with Crippen LogP contribution in [0.1, 0.15) is 6.42 Å². The normalized spacial score (nSPS) is 15.3. The number of carbonyl (C=O) groups excluding carboxylic acids is 1. The molecule has 1 aromatic heterocycles. The monoisotopic (exact) mass is 248 g/mol. The zero-order valence-corrected chi connectivity index (χ0v) is 9.84. The number of amides is 1. The minimum Gasteiger partial charge on any atom is -0.367 e. The van der Waals surface area contributed by atoms with Gasteiger partial charge in [0.05, 0.1) is 24.2 Å². The second-order valence-electron chi connectivity index (χ2n) is 4.06. The van der Waals surface area contributed by atoms with Crippen LogP contribution in [0.3, 0.4) is 0 Å². The van der Waals surface area contributed by atoms with Crippen molar-refractivity contribution in [3.05, 3.63) is 24.3 Å². The van der Waals surface area contributed by atoms with Crippen molar-refractivity contribution >= 4 is 11.6 Å². The Balaban J connectivity index is 1.95. The lowest BCUT2D eigenvalue weighted by Gasteiger charge is -2.35. The van der Waals surface area contributed by atoms with E-state index in [4.69, 9.17) is 5.26 Å². The van der Waals surface area contributed by atoms with Crippen molar-refractivity contribution in [2.24, 2.45) is 0 Å². The summed E-state index contributed by atoms with van der Waals surface area (Å²) in [7, 11) is 0. The fourth-order valence-electron chi connectivity index (χ4n) is 1.97. The van der Waals surface area contributed by atoms with Gasteiger partial charge >= 0.3 is 0 Å². The van der Waals surface area contributed by atoms with Gasteiger partial charge in [0.25, 0.3) is 0 Å². The number of rotatable bonds is 2. The van der Waals surface area contributed by atoms with Crippen molar-refractivity contribution in [2.75, 3.05) is 31.1 Å². The zero-order valence-electron chi connectivity index (χ0n) is 9.84. The standard InChI is InChI=1S/C12H13FN4O/c13-10-7-11(9-15-8-10)16-3-5-17(6-4-16)12(18)1-2-14/h7-9H,1,3-6H2. The van der Waals surface area contributed by atoms with E-state index in [9.17, 15) is 9.18 Å². The maximum atomic E-state index is 13.0. The van der Waals surface area contributed by atoms with E-state index in [1.165, 1.54) is 6.07 Å². The fraction of sp³-hybridized carbons (Fsp3) is 0.417. The second kappa shape index (κ2) is 5.45. The Kier molecular flexibility index (Phi) is 3.72. The summed E-state index contributed by atoms with van der Waals surface area (Å²) in [6.07, 6.45) is 2.69. The highest BCUT2D eigenvalue weighted by molar-refractivity contribution is 5.78. The van der Waals surface area contributed by atoms with Crippen LogP contribution in [-0.2, 0) is 4.79 Å². The summed E-state index contributed by atoms with van der Waals surface area (Å²) < 4.78 is 13.0. The number of hydrogen-bond donors (Lipinski definition) is 0. The molecule has 0 spiro atoms. The fourth-order valence-corrected chi connectivity index (χ4v) is 1.97. The number of pyridine rings is 1. The largest absolute Gasteiger partial charge is 0.367 e. The van der Waals surface area contributed by atoms with Crippen molar-refractivity contribution in [2.45, 2.75) is 6.42 Å². The molecule has 1 fully saturated rings. The average Bonchev–Trinajstić information content (AvgIpc) is 2.39. The Bertz CT molecular complexity index is 477. The van der Waals surface area contributed by atoms with Crippen LogP contribution < -0.4 is 4.90 Å². The van der Waals surface area contributed by atoms with Gasteiger partial charge in [-0.25, -0.2) is 4.39 Å². The van der Waals surface area contributed by atoms with E-state index in [0.717, 1.165) is 11.9 Å². The number of anilines is 1. The molecule has 1 aromatic rings. The van der Waals surface area contributed by atoms with Crippen molar-refractivity contribution < 1.29 is 9.18 Å². The van der Waals surface area contributed by atoms with Crippen molar-refractivity contribution in [1.82, 2.24) is 9.88 Å². The van der Waals surface area contributed by atoms with Crippen LogP contribution in [0.5, 0.6) is 0 Å². The summed E-state index contributed by atoms with van der Waals surface area (Å²) in [5.41, 5.74) is 0.724. The molecule has 2 heterocycles. The van der Waals surface area contributed by atoms with Gasteiger partial charge in [-0.2, -0.15) is 5.26 Å². The quantitative estimate of drug-likeness (QED) is 0.776. The van der Waals surface area contributed by atoms with Gasteiger partial charge in [-0.05, 0) is 0 Å². The van der Waals surface area contributed by atoms with Gasteiger partial charge in [-0.3, -0.25) is 9.78 Å². The molecular weight excluding hydrogens is 235 g/mol. The molecule has 0 atom stereocenters. The van der Waals surface area contributed by atoms with E-state index in [0.29, 0.717) is 26.2 Å². The minimum absolute atomic E-state index is 0.0818. The van der Waals surface area contributed by atoms with Crippen LogP contribution >= 0.6 is 0 Å². The van der Waals surface area contributed by atoms with Gasteiger partial charge in [0, 0.05) is 32.2 Å². The number of nitrogens with zero attached hydrogens (tertiary/aromatic N) is 4. The second-order valence-corrected chi connectivity index (χ2v) is 4.06. The highest BCUT2D eigenvalue weighted by atomic mass is 19.1. The minimum atomic E-state index is -0.365. The third kappa shape index (κ3) is 2.74. The number of halogens is 1. The summed E-state index contributed by atoms with van der Waals surface area (Å²) in [5, 5.41) is 8.47. The highest BCUT2D eigenvalue weighted by Gasteiger charge is 2.21. The molecule has 0 radical (unpaired) electrons. The highest BCUT2D eigenvalue weighted by Crippen LogP contribution is 2.16. The first-order chi connectivity index (χ1) is 8.70. The van der Waals surface area contributed by atoms with Crippen LogP contribution in [0, 0.1) is 17.1 Å². The molecule has 2 rings (SSSR count). The Morgan fingerprint density at radius 2 is 2.11 bits per heavy atom. The molecule has 0 aliphatic carbocycles. The van der Waals surface area contributed by atoms with E-state index in [1.807, 2.05) is 11.0 Å². The Morgan fingerprint density at radius 3 is 2.72 bits per heavy atom. The first-order valence-corrected chi connectivity index (χ1v) is 5.71. The third-order valence-electron chi connectivity index (χ3n) is 2.92. The van der Waals surface area contributed by atoms with Crippen molar-refractivity contribution in [3.63, 3.8) is 0 Å². The maximum Gasteiger partial charge on any atom is 0.236 e. The molecule has 1 saturated heterocycles. The molecule has 94 valence electrons. The molecule has 18 heavy (non-hydrogen) atoms. The van der Waals surface area contributed by atoms with Crippen molar-refractivity contribution in [1.29, 1.82) is 5.26 Å². The molecule has 1 aliphatic rings. The molecule has 1 amide bonds. The molecule has 0 N–H and O–H groups in total. The Labute approximate surface area is 104 Å². The third-order valence-corrected chi connectivity index (χ3v) is 2.92. The van der Waals surface area contributed by atoms with Crippen LogP contribution in [0.15, 0.2) is 18.5 Å². The van der Waals surface area contributed by atoms with E-state index in [2.05, 4.69) is 4.98 Å². The number of nitriles is 1. The topological polar surface area (TPSA) is 60.2 Å². The summed E-state index contributed by atoms with van der Waals surface area (Å²) >= 11 is 0. The van der Waals surface area contributed by atoms with E-state index in [-0.39, 0.29) is 18.1 Å². The van der Waals surface area contributed by atoms with Gasteiger partial charge in [-0.1, -0.05) is 0 Å². The summed E-state index contributed by atoms with van der Waals surface area (Å²) in [4.78, 5) is 18.9. The predicted molar refractivity (Wildman–Crippen MR) is 63.2 cm³/mol. The van der Waals surface area contributed by atoms with Gasteiger partial charge in [0.15, 0.2) is 0 Å². The summed E-state index contributed by atoms with van der Waals surface area (Å²) in [6, 6.07) is 3.28. The smallest absolute Gasteiger partial charge is 0.236 e. The molecule has 0 aromatic carbocycles. The lowest BCUT2D eigenvalue weighted by molar-refractivity contribution is -0.130. The lowest BCUT2D eigenvalue weighted by Crippen LogP contribution is -2.48. The SMILES string of the molecule is N#CCC(=O)N1CCN(c2cncc(F)c2)CC1. The van der Waals surface area contributed by atoms with Gasteiger partial charge in [0.2, 0.25) is 5.91 Å². The van der Waals surface area contributed by atoms with Gasteiger partial charge in [-0.15, -0.1) is 0 Å². The summed E-state index contributed by atoms with van der Waals surface area (Å²) in [5.74, 6) is -0.509. The van der Waals surface area contributed by atoms with Crippen LogP contribution in [-0.4, -0.2) is 42.0 Å². The van der Waals surface area contributed by atoms with Gasteiger partial charge < -0.3 is 9.80 Å². The van der Waals surface area contributed by atoms with Crippen LogP contribution in [0.2, 0.25) is 0 Å². The number of hydrogen-bond acceptors (Lipinski definition) is 4. The Morgan fingerprint density at radius 1 is 1.39 bits per heavy atom. The Hall–Kier alpha value is -2.16. The van der Waals surface area contributed by atoms with Gasteiger partial charge in [0.1, 0.15) is 12.2 Å². The lowest BCUT2D eigenvalue weighted by atomic mass is 10.2. The van der Waals surface area contributed by atoms with E-state index < -0.39 is 0 Å². The number of aromatic nitrogens is 1. The molecular formula is C12H13FN4O. The first-order valence-electron chi connectivity index (χ1n) is 5.71. The van der Waals surface area contributed by atoms with E-state index in [1.54, 1.807) is 11.1 Å². The molecule has 0 unspecified atom stereocenters. The van der Waals surface area contributed by atoms with E-state index >= 15 is 0 Å². The first kappa shape index (κ1) is 12.3. The molecule has 0 saturated carbocycles. The zero-order chi connectivity index (χ0) is 13.0. The van der Waals surface area contributed by atoms with Crippen LogP contribution in [0.25, 0.3) is 0 Å². The van der Waals surface area contributed by atoms with Crippen molar-refractivity contribution in [3.8, 4) is 6.07 Å². The molecule has 1 aliphatic heterocycles. The molecule has 5 nitrogen and oxygen atoms in total. The number of carbonyl (C=O) groups is 1. The number of piperazine rings is 1.